The lowest BCUT2D eigenvalue weighted by Crippen LogP contribution is -2.05. The van der Waals surface area contributed by atoms with E-state index in [0.717, 1.165) is 18.2 Å². The van der Waals surface area contributed by atoms with Gasteiger partial charge in [-0.15, -0.1) is 0 Å². The van der Waals surface area contributed by atoms with Crippen molar-refractivity contribution in [2.75, 3.05) is 0 Å². The van der Waals surface area contributed by atoms with Gasteiger partial charge in [-0.2, -0.15) is 13.2 Å². The Morgan fingerprint density at radius 1 is 1.38 bits per heavy atom. The van der Waals surface area contributed by atoms with Crippen LogP contribution in [0, 0.1) is 3.57 Å². The SMILES string of the molecule is O=C(O)/C=C/c1ccc(C(F)(F)F)cc1I. The minimum Gasteiger partial charge on any atom is -0.478 e. The average Bonchev–Trinajstić information content (AvgIpc) is 2.14. The highest BCUT2D eigenvalue weighted by molar-refractivity contribution is 14.1. The van der Waals surface area contributed by atoms with E-state index in [1.807, 2.05) is 0 Å². The number of carboxylic acids is 1. The molecule has 0 aliphatic heterocycles. The Morgan fingerprint density at radius 3 is 2.44 bits per heavy atom. The maximum atomic E-state index is 12.3. The van der Waals surface area contributed by atoms with Crippen molar-refractivity contribution in [3.63, 3.8) is 0 Å². The van der Waals surface area contributed by atoms with E-state index in [9.17, 15) is 18.0 Å². The molecule has 0 radical (unpaired) electrons. The van der Waals surface area contributed by atoms with Crippen LogP contribution in [0.25, 0.3) is 6.08 Å². The van der Waals surface area contributed by atoms with E-state index < -0.39 is 17.7 Å². The summed E-state index contributed by atoms with van der Waals surface area (Å²) in [5, 5.41) is 8.38. The highest BCUT2D eigenvalue weighted by Gasteiger charge is 2.30. The summed E-state index contributed by atoms with van der Waals surface area (Å²) in [7, 11) is 0. The van der Waals surface area contributed by atoms with Crippen LogP contribution in [-0.4, -0.2) is 11.1 Å². The van der Waals surface area contributed by atoms with Gasteiger partial charge in [0.1, 0.15) is 0 Å². The van der Waals surface area contributed by atoms with Gasteiger partial charge in [0.25, 0.3) is 0 Å². The number of alkyl halides is 3. The molecule has 1 N–H and O–H groups in total. The van der Waals surface area contributed by atoms with E-state index in [4.69, 9.17) is 5.11 Å². The third-order valence-corrected chi connectivity index (χ3v) is 2.67. The van der Waals surface area contributed by atoms with Crippen molar-refractivity contribution >= 4 is 34.6 Å². The summed E-state index contributed by atoms with van der Waals surface area (Å²) in [5.41, 5.74) is -0.305. The van der Waals surface area contributed by atoms with Crippen molar-refractivity contribution in [3.8, 4) is 0 Å². The zero-order valence-electron chi connectivity index (χ0n) is 7.75. The first kappa shape index (κ1) is 13.0. The van der Waals surface area contributed by atoms with Gasteiger partial charge >= 0.3 is 12.1 Å². The third kappa shape index (κ3) is 3.51. The van der Waals surface area contributed by atoms with E-state index in [0.29, 0.717) is 9.13 Å². The Hall–Kier alpha value is -1.05. The number of carbonyl (C=O) groups is 1. The lowest BCUT2D eigenvalue weighted by Gasteiger charge is -2.07. The van der Waals surface area contributed by atoms with Crippen molar-refractivity contribution in [3.05, 3.63) is 39.0 Å². The molecule has 0 aliphatic rings. The number of halogens is 4. The summed E-state index contributed by atoms with van der Waals surface area (Å²) in [5.74, 6) is -1.14. The molecule has 0 unspecified atom stereocenters. The normalized spacial score (nSPS) is 12.0. The number of carboxylic acid groups (broad SMARTS) is 1. The molecule has 0 spiro atoms. The second-order valence-electron chi connectivity index (χ2n) is 2.91. The minimum atomic E-state index is -4.38. The van der Waals surface area contributed by atoms with Crippen LogP contribution in [-0.2, 0) is 11.0 Å². The van der Waals surface area contributed by atoms with Crippen LogP contribution in [0.4, 0.5) is 13.2 Å². The molecule has 1 aromatic rings. The standard InChI is InChI=1S/C10H6F3IO2/c11-10(12,13)7-3-1-6(8(14)5-7)2-4-9(15)16/h1-5H,(H,15,16)/b4-2+. The van der Waals surface area contributed by atoms with Crippen molar-refractivity contribution in [1.29, 1.82) is 0 Å². The second kappa shape index (κ2) is 4.86. The zero-order chi connectivity index (χ0) is 12.3. The molecule has 0 atom stereocenters. The highest BCUT2D eigenvalue weighted by atomic mass is 127. The Bertz CT molecular complexity index is 438. The summed E-state index contributed by atoms with van der Waals surface area (Å²) >= 11 is 1.73. The van der Waals surface area contributed by atoms with E-state index in [1.54, 1.807) is 22.6 Å². The number of rotatable bonds is 2. The fourth-order valence-corrected chi connectivity index (χ4v) is 1.69. The zero-order valence-corrected chi connectivity index (χ0v) is 9.91. The van der Waals surface area contributed by atoms with Crippen molar-refractivity contribution in [2.45, 2.75) is 6.18 Å². The van der Waals surface area contributed by atoms with E-state index >= 15 is 0 Å². The first-order valence-corrected chi connectivity index (χ1v) is 5.16. The van der Waals surface area contributed by atoms with Gasteiger partial charge in [-0.3, -0.25) is 0 Å². The topological polar surface area (TPSA) is 37.3 Å². The number of aliphatic carboxylic acids is 1. The predicted octanol–water partition coefficient (Wildman–Crippen LogP) is 3.41. The molecule has 0 saturated carbocycles. The molecule has 0 saturated heterocycles. The third-order valence-electron chi connectivity index (χ3n) is 1.73. The van der Waals surface area contributed by atoms with Crippen LogP contribution < -0.4 is 0 Å². The number of benzene rings is 1. The highest BCUT2D eigenvalue weighted by Crippen LogP contribution is 2.31. The smallest absolute Gasteiger partial charge is 0.416 e. The number of hydrogen-bond acceptors (Lipinski definition) is 1. The molecule has 1 aromatic carbocycles. The van der Waals surface area contributed by atoms with E-state index in [2.05, 4.69) is 0 Å². The van der Waals surface area contributed by atoms with E-state index in [-0.39, 0.29) is 0 Å². The van der Waals surface area contributed by atoms with Crippen LogP contribution in [0.1, 0.15) is 11.1 Å². The van der Waals surface area contributed by atoms with Gasteiger partial charge in [0.15, 0.2) is 0 Å². The molecule has 0 amide bonds. The molecule has 2 nitrogen and oxygen atoms in total. The van der Waals surface area contributed by atoms with Gasteiger partial charge in [-0.05, 0) is 46.4 Å². The molecule has 6 heteroatoms. The first-order chi connectivity index (χ1) is 7.30. The summed E-state index contributed by atoms with van der Waals surface area (Å²) in [4.78, 5) is 10.2. The molecule has 0 aromatic heterocycles. The largest absolute Gasteiger partial charge is 0.478 e. The Balaban J connectivity index is 3.05. The van der Waals surface area contributed by atoms with Crippen molar-refractivity contribution in [1.82, 2.24) is 0 Å². The minimum absolute atomic E-state index is 0.352. The summed E-state index contributed by atoms with van der Waals surface area (Å²) in [6, 6.07) is 3.13. The van der Waals surface area contributed by atoms with Crippen LogP contribution in [0.3, 0.4) is 0 Å². The summed E-state index contributed by atoms with van der Waals surface area (Å²) in [6.45, 7) is 0. The van der Waals surface area contributed by atoms with Gasteiger partial charge in [0.2, 0.25) is 0 Å². The Kier molecular flexibility index (Phi) is 3.95. The molecule has 0 heterocycles. The molecule has 0 fully saturated rings. The monoisotopic (exact) mass is 342 g/mol. The molecule has 1 rings (SSSR count). The van der Waals surface area contributed by atoms with Crippen LogP contribution in [0.5, 0.6) is 0 Å². The lowest BCUT2D eigenvalue weighted by atomic mass is 10.1. The van der Waals surface area contributed by atoms with Crippen LogP contribution in [0.2, 0.25) is 0 Å². The molecule has 0 aliphatic carbocycles. The van der Waals surface area contributed by atoms with Crippen LogP contribution >= 0.6 is 22.6 Å². The van der Waals surface area contributed by atoms with Gasteiger partial charge in [0, 0.05) is 9.65 Å². The fourth-order valence-electron chi connectivity index (χ4n) is 1.000. The number of hydrogen-bond donors (Lipinski definition) is 1. The van der Waals surface area contributed by atoms with Crippen molar-refractivity contribution < 1.29 is 23.1 Å². The van der Waals surface area contributed by atoms with Gasteiger partial charge in [-0.25, -0.2) is 4.79 Å². The summed E-state index contributed by atoms with van der Waals surface area (Å²) < 4.78 is 37.2. The van der Waals surface area contributed by atoms with Crippen LogP contribution in [0.15, 0.2) is 24.3 Å². The molecule has 16 heavy (non-hydrogen) atoms. The van der Waals surface area contributed by atoms with E-state index in [1.165, 1.54) is 12.1 Å². The van der Waals surface area contributed by atoms with Gasteiger partial charge in [0.05, 0.1) is 5.56 Å². The summed E-state index contributed by atoms with van der Waals surface area (Å²) in [6.07, 6.45) is -2.25. The lowest BCUT2D eigenvalue weighted by molar-refractivity contribution is -0.137. The predicted molar refractivity (Wildman–Crippen MR) is 60.8 cm³/mol. The molecule has 0 bridgehead atoms. The first-order valence-electron chi connectivity index (χ1n) is 4.08. The van der Waals surface area contributed by atoms with Gasteiger partial charge < -0.3 is 5.11 Å². The fraction of sp³-hybridized carbons (Fsp3) is 0.100. The molecular formula is C10H6F3IO2. The average molecular weight is 342 g/mol. The quantitative estimate of drug-likeness (QED) is 0.661. The second-order valence-corrected chi connectivity index (χ2v) is 4.07. The molecule has 86 valence electrons. The maximum Gasteiger partial charge on any atom is 0.416 e. The maximum absolute atomic E-state index is 12.3. The Labute approximate surface area is 103 Å². The van der Waals surface area contributed by atoms with Crippen molar-refractivity contribution in [2.24, 2.45) is 0 Å². The Morgan fingerprint density at radius 2 is 2.00 bits per heavy atom. The molecular weight excluding hydrogens is 336 g/mol. The van der Waals surface area contributed by atoms with Gasteiger partial charge in [-0.1, -0.05) is 6.07 Å².